The monoisotopic (exact) mass is 481 g/mol. The molecule has 2 atom stereocenters. The average molecular weight is 482 g/mol. The molecule has 0 saturated heterocycles. The molecular formula is C25H27N3O5S. The van der Waals surface area contributed by atoms with Crippen LogP contribution >= 0.6 is 0 Å². The first kappa shape index (κ1) is 23.9. The first-order valence-electron chi connectivity index (χ1n) is 11.0. The summed E-state index contributed by atoms with van der Waals surface area (Å²) in [6, 6.07) is 16.4. The SMILES string of the molecule is CS(=O)(=O)NC(=O)c1cccc(-c2ccc3c(c2)CCC(CNCC(O)c2cccnc2)O3)c1. The molecule has 34 heavy (non-hydrogen) atoms. The van der Waals surface area contributed by atoms with Crippen LogP contribution in [0.4, 0.5) is 0 Å². The smallest absolute Gasteiger partial charge is 0.264 e. The number of ether oxygens (including phenoxy) is 1. The number of benzene rings is 2. The lowest BCUT2D eigenvalue weighted by Gasteiger charge is -2.27. The number of hydrogen-bond acceptors (Lipinski definition) is 7. The van der Waals surface area contributed by atoms with Gasteiger partial charge in [0.15, 0.2) is 0 Å². The molecule has 1 aromatic heterocycles. The highest BCUT2D eigenvalue weighted by Crippen LogP contribution is 2.32. The molecule has 0 fully saturated rings. The van der Waals surface area contributed by atoms with E-state index >= 15 is 0 Å². The third-order valence-electron chi connectivity index (χ3n) is 5.60. The summed E-state index contributed by atoms with van der Waals surface area (Å²) in [5, 5.41) is 13.5. The summed E-state index contributed by atoms with van der Waals surface area (Å²) >= 11 is 0. The van der Waals surface area contributed by atoms with Crippen LogP contribution in [-0.2, 0) is 16.4 Å². The van der Waals surface area contributed by atoms with Crippen molar-refractivity contribution in [2.24, 2.45) is 0 Å². The van der Waals surface area contributed by atoms with Crippen LogP contribution < -0.4 is 14.8 Å². The summed E-state index contributed by atoms with van der Waals surface area (Å²) in [5.41, 5.74) is 3.87. The van der Waals surface area contributed by atoms with Crippen LogP contribution in [0.25, 0.3) is 11.1 Å². The first-order valence-corrected chi connectivity index (χ1v) is 12.9. The minimum atomic E-state index is -3.63. The topological polar surface area (TPSA) is 118 Å². The number of aliphatic hydroxyl groups is 1. The van der Waals surface area contributed by atoms with Crippen molar-refractivity contribution in [2.45, 2.75) is 25.0 Å². The number of amides is 1. The van der Waals surface area contributed by atoms with Gasteiger partial charge in [0.05, 0.1) is 12.4 Å². The van der Waals surface area contributed by atoms with E-state index in [4.69, 9.17) is 4.74 Å². The van der Waals surface area contributed by atoms with E-state index in [1.165, 1.54) is 0 Å². The molecule has 0 radical (unpaired) electrons. The second-order valence-electron chi connectivity index (χ2n) is 8.35. The number of rotatable bonds is 8. The summed E-state index contributed by atoms with van der Waals surface area (Å²) in [4.78, 5) is 16.2. The number of fused-ring (bicyclic) bond motifs is 1. The summed E-state index contributed by atoms with van der Waals surface area (Å²) in [6.07, 6.45) is 5.34. The van der Waals surface area contributed by atoms with Crippen molar-refractivity contribution in [3.05, 3.63) is 83.7 Å². The highest BCUT2D eigenvalue weighted by atomic mass is 32.2. The average Bonchev–Trinajstić information content (AvgIpc) is 2.83. The van der Waals surface area contributed by atoms with Crippen molar-refractivity contribution in [3.8, 4) is 16.9 Å². The Morgan fingerprint density at radius 3 is 2.76 bits per heavy atom. The molecule has 0 aliphatic carbocycles. The lowest BCUT2D eigenvalue weighted by molar-refractivity contribution is 0.0981. The predicted octanol–water partition coefficient (Wildman–Crippen LogP) is 2.45. The fourth-order valence-electron chi connectivity index (χ4n) is 3.91. The van der Waals surface area contributed by atoms with E-state index in [1.807, 2.05) is 35.1 Å². The molecule has 2 aromatic carbocycles. The largest absolute Gasteiger partial charge is 0.489 e. The Hall–Kier alpha value is -3.27. The number of aromatic nitrogens is 1. The number of nitrogens with one attached hydrogen (secondary N) is 2. The molecule has 1 aliphatic rings. The van der Waals surface area contributed by atoms with Gasteiger partial charge in [0.2, 0.25) is 10.0 Å². The molecule has 1 amide bonds. The summed E-state index contributed by atoms with van der Waals surface area (Å²) in [6.45, 7) is 1.04. The maximum Gasteiger partial charge on any atom is 0.264 e. The quantitative estimate of drug-likeness (QED) is 0.452. The fraction of sp³-hybridized carbons (Fsp3) is 0.280. The number of nitrogens with zero attached hydrogens (tertiary/aromatic N) is 1. The van der Waals surface area contributed by atoms with Gasteiger partial charge in [-0.15, -0.1) is 0 Å². The van der Waals surface area contributed by atoms with Crippen LogP contribution in [0.3, 0.4) is 0 Å². The van der Waals surface area contributed by atoms with Crippen molar-refractivity contribution in [1.82, 2.24) is 15.0 Å². The van der Waals surface area contributed by atoms with Gasteiger partial charge in [-0.3, -0.25) is 9.78 Å². The molecule has 0 spiro atoms. The number of pyridine rings is 1. The first-order chi connectivity index (χ1) is 16.3. The number of hydrogen-bond donors (Lipinski definition) is 3. The molecule has 9 heteroatoms. The summed E-state index contributed by atoms with van der Waals surface area (Å²) in [7, 11) is -3.63. The third kappa shape index (κ3) is 6.19. The number of carbonyl (C=O) groups excluding carboxylic acids is 1. The zero-order chi connectivity index (χ0) is 24.1. The van der Waals surface area contributed by atoms with Crippen LogP contribution in [0, 0.1) is 0 Å². The Labute approximate surface area is 199 Å². The molecule has 2 heterocycles. The third-order valence-corrected chi connectivity index (χ3v) is 6.16. The van der Waals surface area contributed by atoms with Gasteiger partial charge in [-0.2, -0.15) is 0 Å². The fourth-order valence-corrected chi connectivity index (χ4v) is 4.36. The lowest BCUT2D eigenvalue weighted by atomic mass is 9.96. The van der Waals surface area contributed by atoms with Gasteiger partial charge in [-0.1, -0.05) is 24.3 Å². The van der Waals surface area contributed by atoms with E-state index in [2.05, 4.69) is 10.3 Å². The minimum absolute atomic E-state index is 0.00228. The Morgan fingerprint density at radius 2 is 2.00 bits per heavy atom. The van der Waals surface area contributed by atoms with E-state index in [0.717, 1.165) is 47.1 Å². The van der Waals surface area contributed by atoms with Crippen LogP contribution in [0.15, 0.2) is 67.0 Å². The molecule has 178 valence electrons. The molecule has 2 unspecified atom stereocenters. The van der Waals surface area contributed by atoms with Gasteiger partial charge in [0.1, 0.15) is 11.9 Å². The number of aliphatic hydroxyl groups excluding tert-OH is 1. The van der Waals surface area contributed by atoms with Crippen molar-refractivity contribution in [3.63, 3.8) is 0 Å². The van der Waals surface area contributed by atoms with Gasteiger partial charge < -0.3 is 15.2 Å². The zero-order valence-corrected chi connectivity index (χ0v) is 19.6. The van der Waals surface area contributed by atoms with E-state index < -0.39 is 22.0 Å². The predicted molar refractivity (Wildman–Crippen MR) is 129 cm³/mol. The summed E-state index contributed by atoms with van der Waals surface area (Å²) < 4.78 is 30.8. The van der Waals surface area contributed by atoms with Crippen LogP contribution in [0.1, 0.15) is 34.0 Å². The molecule has 1 aliphatic heterocycles. The Bertz CT molecular complexity index is 1260. The van der Waals surface area contributed by atoms with Crippen LogP contribution in [-0.4, -0.2) is 49.9 Å². The second-order valence-corrected chi connectivity index (χ2v) is 10.1. The highest BCUT2D eigenvalue weighted by molar-refractivity contribution is 7.89. The Morgan fingerprint density at radius 1 is 1.18 bits per heavy atom. The number of aryl methyl sites for hydroxylation is 1. The van der Waals surface area contributed by atoms with Gasteiger partial charge in [0, 0.05) is 36.6 Å². The van der Waals surface area contributed by atoms with Crippen LogP contribution in [0.2, 0.25) is 0 Å². The molecular weight excluding hydrogens is 454 g/mol. The maximum atomic E-state index is 12.2. The molecule has 3 N–H and O–H groups in total. The van der Waals surface area contributed by atoms with Gasteiger partial charge in [0.25, 0.3) is 5.91 Å². The van der Waals surface area contributed by atoms with E-state index in [9.17, 15) is 18.3 Å². The maximum absolute atomic E-state index is 12.2. The zero-order valence-electron chi connectivity index (χ0n) is 18.8. The standard InChI is InChI=1S/C25H27N3O5S/c1-34(31,32)28-25(30)20-5-2-4-17(13-20)18-8-10-24-19(12-18)7-9-22(33-24)15-27-16-23(29)21-6-3-11-26-14-21/h2-6,8,10-14,22-23,27,29H,7,9,15-16H2,1H3,(H,28,30). The molecule has 8 nitrogen and oxygen atoms in total. The lowest BCUT2D eigenvalue weighted by Crippen LogP contribution is -2.36. The van der Waals surface area contributed by atoms with Crippen LogP contribution in [0.5, 0.6) is 5.75 Å². The van der Waals surface area contributed by atoms with Crippen molar-refractivity contribution >= 4 is 15.9 Å². The van der Waals surface area contributed by atoms with E-state index in [1.54, 1.807) is 36.7 Å². The van der Waals surface area contributed by atoms with Crippen molar-refractivity contribution < 1.29 is 23.1 Å². The van der Waals surface area contributed by atoms with Gasteiger partial charge in [-0.05, 0) is 59.9 Å². The van der Waals surface area contributed by atoms with Gasteiger partial charge >= 0.3 is 0 Å². The number of carbonyl (C=O) groups is 1. The minimum Gasteiger partial charge on any atom is -0.489 e. The molecule has 0 bridgehead atoms. The van der Waals surface area contributed by atoms with E-state index in [0.29, 0.717) is 13.1 Å². The molecule has 4 rings (SSSR count). The Kier molecular flexibility index (Phi) is 7.26. The Balaban J connectivity index is 1.37. The molecule has 3 aromatic rings. The second kappa shape index (κ2) is 10.3. The van der Waals surface area contributed by atoms with Gasteiger partial charge in [-0.25, -0.2) is 13.1 Å². The van der Waals surface area contributed by atoms with E-state index in [-0.39, 0.29) is 11.7 Å². The number of sulfonamides is 1. The summed E-state index contributed by atoms with van der Waals surface area (Å²) in [5.74, 6) is 0.162. The van der Waals surface area contributed by atoms with Crippen molar-refractivity contribution in [2.75, 3.05) is 19.3 Å². The normalized spacial score (nSPS) is 16.2. The molecule has 0 saturated carbocycles. The highest BCUT2D eigenvalue weighted by Gasteiger charge is 2.21. The van der Waals surface area contributed by atoms with Crippen molar-refractivity contribution in [1.29, 1.82) is 0 Å².